The molecule has 0 spiro atoms. The first-order valence-corrected chi connectivity index (χ1v) is 10.4. The number of oxazole rings is 1. The quantitative estimate of drug-likeness (QED) is 0.500. The molecule has 1 aliphatic heterocycles. The first kappa shape index (κ1) is 20.4. The first-order chi connectivity index (χ1) is 14.8. The highest BCUT2D eigenvalue weighted by Crippen LogP contribution is 2.22. The number of hydrogen-bond donors (Lipinski definition) is 0. The Balaban J connectivity index is 1.25. The Morgan fingerprint density at radius 2 is 1.80 bits per heavy atom. The van der Waals surface area contributed by atoms with E-state index in [-0.39, 0.29) is 6.29 Å². The van der Waals surface area contributed by atoms with Crippen molar-refractivity contribution in [3.05, 3.63) is 77.7 Å². The predicted octanol–water partition coefficient (Wildman–Crippen LogP) is 5.44. The second kappa shape index (κ2) is 10.2. The van der Waals surface area contributed by atoms with Crippen LogP contribution >= 0.6 is 0 Å². The van der Waals surface area contributed by atoms with E-state index in [1.54, 1.807) is 0 Å². The normalized spacial score (nSPS) is 15.0. The number of rotatable bonds is 8. The van der Waals surface area contributed by atoms with Gasteiger partial charge in [0.15, 0.2) is 6.29 Å². The molecular formula is C25H27NO4. The number of nitrogens with zero attached hydrogens (tertiary/aromatic N) is 1. The van der Waals surface area contributed by atoms with Crippen LogP contribution in [0, 0.1) is 6.92 Å². The molecule has 0 N–H and O–H groups in total. The molecule has 0 radical (unpaired) electrons. The van der Waals surface area contributed by atoms with Crippen LogP contribution in [0.2, 0.25) is 0 Å². The molecule has 2 heterocycles. The molecular weight excluding hydrogens is 378 g/mol. The van der Waals surface area contributed by atoms with Crippen molar-refractivity contribution < 1.29 is 18.6 Å². The van der Waals surface area contributed by atoms with Crippen LogP contribution in [0.15, 0.2) is 65.1 Å². The van der Waals surface area contributed by atoms with Crippen molar-refractivity contribution >= 4 is 6.08 Å². The van der Waals surface area contributed by atoms with E-state index < -0.39 is 0 Å². The van der Waals surface area contributed by atoms with E-state index in [1.165, 1.54) is 0 Å². The summed E-state index contributed by atoms with van der Waals surface area (Å²) in [5.41, 5.74) is 3.04. The minimum absolute atomic E-state index is 0.111. The van der Waals surface area contributed by atoms with Crippen LogP contribution in [-0.4, -0.2) is 31.1 Å². The van der Waals surface area contributed by atoms with Gasteiger partial charge in [-0.3, -0.25) is 0 Å². The van der Waals surface area contributed by atoms with Gasteiger partial charge >= 0.3 is 0 Å². The van der Waals surface area contributed by atoms with Crippen molar-refractivity contribution in [3.8, 4) is 17.2 Å². The van der Waals surface area contributed by atoms with Gasteiger partial charge in [-0.25, -0.2) is 4.98 Å². The molecule has 1 fully saturated rings. The van der Waals surface area contributed by atoms with Gasteiger partial charge in [0.1, 0.15) is 11.5 Å². The van der Waals surface area contributed by atoms with Crippen LogP contribution in [0.25, 0.3) is 17.5 Å². The molecule has 5 heteroatoms. The maximum atomic E-state index is 5.89. The summed E-state index contributed by atoms with van der Waals surface area (Å²) >= 11 is 0. The highest BCUT2D eigenvalue weighted by molar-refractivity contribution is 5.53. The summed E-state index contributed by atoms with van der Waals surface area (Å²) in [7, 11) is 0. The molecule has 156 valence electrons. The zero-order valence-corrected chi connectivity index (χ0v) is 17.3. The molecule has 1 aromatic heterocycles. The number of hydrogen-bond acceptors (Lipinski definition) is 5. The van der Waals surface area contributed by atoms with Gasteiger partial charge in [-0.05, 0) is 43.2 Å². The summed E-state index contributed by atoms with van der Waals surface area (Å²) in [6.45, 7) is 4.06. The lowest BCUT2D eigenvalue weighted by Gasteiger charge is -2.21. The van der Waals surface area contributed by atoms with Gasteiger partial charge in [0.05, 0.1) is 25.5 Å². The predicted molar refractivity (Wildman–Crippen MR) is 116 cm³/mol. The summed E-state index contributed by atoms with van der Waals surface area (Å²) < 4.78 is 22.8. The minimum Gasteiger partial charge on any atom is -0.493 e. The van der Waals surface area contributed by atoms with Crippen LogP contribution in [0.5, 0.6) is 5.75 Å². The topological polar surface area (TPSA) is 53.7 Å². The summed E-state index contributed by atoms with van der Waals surface area (Å²) in [4.78, 5) is 4.62. The van der Waals surface area contributed by atoms with Crippen molar-refractivity contribution in [2.24, 2.45) is 0 Å². The molecule has 0 aliphatic carbocycles. The van der Waals surface area contributed by atoms with Crippen molar-refractivity contribution in [3.63, 3.8) is 0 Å². The lowest BCUT2D eigenvalue weighted by Crippen LogP contribution is -2.23. The van der Waals surface area contributed by atoms with Crippen LogP contribution in [0.3, 0.4) is 0 Å². The fourth-order valence-corrected chi connectivity index (χ4v) is 3.29. The molecule has 1 saturated heterocycles. The molecule has 0 saturated carbocycles. The Morgan fingerprint density at radius 3 is 2.57 bits per heavy atom. The van der Waals surface area contributed by atoms with Crippen molar-refractivity contribution in [2.75, 3.05) is 19.8 Å². The molecule has 4 rings (SSSR count). The zero-order valence-electron chi connectivity index (χ0n) is 17.3. The number of aromatic nitrogens is 1. The third-order valence-corrected chi connectivity index (χ3v) is 4.94. The lowest BCUT2D eigenvalue weighted by atomic mass is 10.2. The van der Waals surface area contributed by atoms with Crippen LogP contribution in [0.1, 0.15) is 29.9 Å². The van der Waals surface area contributed by atoms with E-state index in [0.29, 0.717) is 18.9 Å². The third-order valence-electron chi connectivity index (χ3n) is 4.94. The van der Waals surface area contributed by atoms with Gasteiger partial charge in [-0.1, -0.05) is 42.5 Å². The van der Waals surface area contributed by atoms with E-state index in [1.807, 2.05) is 61.5 Å². The number of benzene rings is 2. The second-order valence-electron chi connectivity index (χ2n) is 7.22. The van der Waals surface area contributed by atoms with Crippen molar-refractivity contribution in [1.29, 1.82) is 0 Å². The largest absolute Gasteiger partial charge is 0.493 e. The molecule has 0 amide bonds. The molecule has 5 nitrogen and oxygen atoms in total. The molecule has 30 heavy (non-hydrogen) atoms. The van der Waals surface area contributed by atoms with E-state index >= 15 is 0 Å². The third kappa shape index (κ3) is 5.59. The molecule has 2 aromatic carbocycles. The highest BCUT2D eigenvalue weighted by Gasteiger charge is 2.12. The van der Waals surface area contributed by atoms with E-state index in [0.717, 1.165) is 54.4 Å². The molecule has 3 aromatic rings. The van der Waals surface area contributed by atoms with Gasteiger partial charge in [-0.2, -0.15) is 0 Å². The Morgan fingerprint density at radius 1 is 1.03 bits per heavy atom. The Bertz CT molecular complexity index is 941. The van der Waals surface area contributed by atoms with Gasteiger partial charge in [0, 0.05) is 18.4 Å². The monoisotopic (exact) mass is 405 g/mol. The van der Waals surface area contributed by atoms with E-state index in [2.05, 4.69) is 17.1 Å². The van der Waals surface area contributed by atoms with Gasteiger partial charge in [0.2, 0.25) is 5.89 Å². The first-order valence-electron chi connectivity index (χ1n) is 10.4. The highest BCUT2D eigenvalue weighted by atomic mass is 16.7. The number of aryl methyl sites for hydroxylation is 1. The van der Waals surface area contributed by atoms with E-state index in [9.17, 15) is 0 Å². The van der Waals surface area contributed by atoms with Crippen molar-refractivity contribution in [1.82, 2.24) is 4.98 Å². The Kier molecular flexibility index (Phi) is 6.95. The fourth-order valence-electron chi connectivity index (χ4n) is 3.29. The average Bonchev–Trinajstić information content (AvgIpc) is 3.17. The zero-order chi connectivity index (χ0) is 20.6. The van der Waals surface area contributed by atoms with Gasteiger partial charge in [0.25, 0.3) is 0 Å². The standard InChI is InChI=1S/C25H27NO4/c1-19-23(26-25(30-19)21-8-3-2-4-9-21)15-18-27-22-13-11-20(12-14-22)7-5-10-24-28-16-6-17-29-24/h2-5,7-9,11-14,24H,6,10,15-18H2,1H3/b7-5-. The fraction of sp³-hybridized carbons (Fsp3) is 0.320. The van der Waals surface area contributed by atoms with Gasteiger partial charge in [-0.15, -0.1) is 0 Å². The second-order valence-corrected chi connectivity index (χ2v) is 7.22. The van der Waals surface area contributed by atoms with Crippen LogP contribution in [-0.2, 0) is 15.9 Å². The van der Waals surface area contributed by atoms with Crippen LogP contribution < -0.4 is 4.74 Å². The smallest absolute Gasteiger partial charge is 0.226 e. The Labute approximate surface area is 177 Å². The summed E-state index contributed by atoms with van der Waals surface area (Å²) in [6, 6.07) is 18.0. The molecule has 1 aliphatic rings. The molecule has 0 atom stereocenters. The Hall–Kier alpha value is -2.89. The maximum Gasteiger partial charge on any atom is 0.226 e. The van der Waals surface area contributed by atoms with E-state index in [4.69, 9.17) is 18.6 Å². The number of ether oxygens (including phenoxy) is 3. The van der Waals surface area contributed by atoms with Crippen molar-refractivity contribution in [2.45, 2.75) is 32.5 Å². The summed E-state index contributed by atoms with van der Waals surface area (Å²) in [6.07, 6.45) is 6.50. The lowest BCUT2D eigenvalue weighted by molar-refractivity contribution is -0.175. The summed E-state index contributed by atoms with van der Waals surface area (Å²) in [5, 5.41) is 0. The molecule has 0 bridgehead atoms. The van der Waals surface area contributed by atoms with Gasteiger partial charge < -0.3 is 18.6 Å². The SMILES string of the molecule is Cc1oc(-c2ccccc2)nc1CCOc1ccc(/C=C\CC2OCCCO2)cc1. The summed E-state index contributed by atoms with van der Waals surface area (Å²) in [5.74, 6) is 2.34. The average molecular weight is 405 g/mol. The van der Waals surface area contributed by atoms with Crippen LogP contribution in [0.4, 0.5) is 0 Å². The molecule has 0 unspecified atom stereocenters. The minimum atomic E-state index is -0.111. The maximum absolute atomic E-state index is 5.89.